The summed E-state index contributed by atoms with van der Waals surface area (Å²) in [5, 5.41) is 8.42. The maximum absolute atomic E-state index is 4.65. The fourth-order valence-electron chi connectivity index (χ4n) is 2.58. The molecule has 0 atom stereocenters. The van der Waals surface area contributed by atoms with Crippen molar-refractivity contribution in [3.05, 3.63) is 15.9 Å². The van der Waals surface area contributed by atoms with Crippen molar-refractivity contribution in [1.82, 2.24) is 15.1 Å². The summed E-state index contributed by atoms with van der Waals surface area (Å²) in [6, 6.07) is 0. The van der Waals surface area contributed by atoms with E-state index in [-0.39, 0.29) is 5.54 Å². The number of hydrogen-bond acceptors (Lipinski definition) is 2. The van der Waals surface area contributed by atoms with E-state index in [1.807, 2.05) is 0 Å². The van der Waals surface area contributed by atoms with Crippen LogP contribution in [0.5, 0.6) is 0 Å². The summed E-state index contributed by atoms with van der Waals surface area (Å²) in [5.41, 5.74) is 2.70. The lowest BCUT2D eigenvalue weighted by atomic mass is 9.90. The first-order valence-electron chi connectivity index (χ1n) is 7.56. The van der Waals surface area contributed by atoms with Crippen molar-refractivity contribution >= 4 is 15.9 Å². The van der Waals surface area contributed by atoms with Gasteiger partial charge in [-0.2, -0.15) is 5.10 Å². The molecule has 1 N–H and O–H groups in total. The molecule has 1 aromatic heterocycles. The van der Waals surface area contributed by atoms with Gasteiger partial charge in [0.1, 0.15) is 0 Å². The van der Waals surface area contributed by atoms with E-state index in [1.165, 1.54) is 29.4 Å². The van der Waals surface area contributed by atoms with E-state index in [4.69, 9.17) is 0 Å². The third kappa shape index (κ3) is 3.60. The average molecular weight is 330 g/mol. The predicted octanol–water partition coefficient (Wildman–Crippen LogP) is 4.29. The van der Waals surface area contributed by atoms with Gasteiger partial charge in [0, 0.05) is 18.6 Å². The molecule has 0 aliphatic rings. The molecule has 0 aromatic carbocycles. The van der Waals surface area contributed by atoms with Crippen molar-refractivity contribution in [3.8, 4) is 0 Å². The van der Waals surface area contributed by atoms with Crippen LogP contribution in [-0.4, -0.2) is 15.3 Å². The van der Waals surface area contributed by atoms with E-state index in [0.29, 0.717) is 0 Å². The van der Waals surface area contributed by atoms with Gasteiger partial charge in [-0.15, -0.1) is 0 Å². The summed E-state index contributed by atoms with van der Waals surface area (Å²) in [6.07, 6.45) is 4.47. The normalized spacial score (nSPS) is 12.1. The van der Waals surface area contributed by atoms with E-state index in [1.54, 1.807) is 0 Å². The van der Waals surface area contributed by atoms with Crippen LogP contribution < -0.4 is 5.32 Å². The van der Waals surface area contributed by atoms with Crippen molar-refractivity contribution in [2.45, 2.75) is 78.9 Å². The second-order valence-electron chi connectivity index (χ2n) is 5.07. The zero-order valence-electron chi connectivity index (χ0n) is 13.0. The average Bonchev–Trinajstić information content (AvgIpc) is 2.77. The second kappa shape index (κ2) is 7.44. The van der Waals surface area contributed by atoms with E-state index in [0.717, 1.165) is 25.2 Å². The van der Waals surface area contributed by atoms with Crippen LogP contribution in [0.15, 0.2) is 4.47 Å². The maximum atomic E-state index is 4.65. The molecule has 0 radical (unpaired) electrons. The molecule has 1 rings (SSSR count). The summed E-state index contributed by atoms with van der Waals surface area (Å²) >= 11 is 3.71. The Labute approximate surface area is 126 Å². The van der Waals surface area contributed by atoms with Crippen LogP contribution in [-0.2, 0) is 19.5 Å². The van der Waals surface area contributed by atoms with Crippen LogP contribution in [0, 0.1) is 0 Å². The first-order chi connectivity index (χ1) is 9.07. The highest BCUT2D eigenvalue weighted by Gasteiger charge is 2.24. The number of nitrogens with zero attached hydrogens (tertiary/aromatic N) is 2. The van der Waals surface area contributed by atoms with Gasteiger partial charge in [0.15, 0.2) is 0 Å². The summed E-state index contributed by atoms with van der Waals surface area (Å²) in [5.74, 6) is 0. The molecule has 0 spiro atoms. The number of nitrogens with one attached hydrogen (secondary N) is 1. The van der Waals surface area contributed by atoms with Crippen molar-refractivity contribution in [1.29, 1.82) is 0 Å². The molecular formula is C15H28BrN3. The first kappa shape index (κ1) is 16.7. The second-order valence-corrected chi connectivity index (χ2v) is 5.86. The molecule has 0 bridgehead atoms. The van der Waals surface area contributed by atoms with Crippen LogP contribution in [0.3, 0.4) is 0 Å². The Morgan fingerprint density at radius 3 is 2.11 bits per heavy atom. The third-order valence-corrected chi connectivity index (χ3v) is 5.27. The minimum atomic E-state index is 0.259. The molecule has 0 saturated carbocycles. The van der Waals surface area contributed by atoms with Crippen molar-refractivity contribution in [2.75, 3.05) is 0 Å². The number of halogens is 1. The van der Waals surface area contributed by atoms with Crippen molar-refractivity contribution in [3.63, 3.8) is 0 Å². The predicted molar refractivity (Wildman–Crippen MR) is 85.4 cm³/mol. The highest BCUT2D eigenvalue weighted by molar-refractivity contribution is 9.10. The Morgan fingerprint density at radius 2 is 1.68 bits per heavy atom. The summed E-state index contributed by atoms with van der Waals surface area (Å²) in [4.78, 5) is 0. The molecule has 1 aromatic rings. The van der Waals surface area contributed by atoms with Crippen molar-refractivity contribution < 1.29 is 0 Å². The lowest BCUT2D eigenvalue weighted by molar-refractivity contribution is 0.284. The van der Waals surface area contributed by atoms with Gasteiger partial charge >= 0.3 is 0 Å². The minimum Gasteiger partial charge on any atom is -0.306 e. The summed E-state index contributed by atoms with van der Waals surface area (Å²) < 4.78 is 3.29. The summed E-state index contributed by atoms with van der Waals surface area (Å²) in [6.45, 7) is 12.9. The molecular weight excluding hydrogens is 302 g/mol. The number of rotatable bonds is 8. The largest absolute Gasteiger partial charge is 0.306 e. The van der Waals surface area contributed by atoms with Gasteiger partial charge < -0.3 is 5.32 Å². The standard InChI is InChI=1S/C15H28BrN3/c1-6-12-14(16)13(19(10-5)18-12)11-17-15(7-2,8-3)9-4/h17H,6-11H2,1-5H3. The molecule has 19 heavy (non-hydrogen) atoms. The fourth-order valence-corrected chi connectivity index (χ4v) is 3.29. The third-order valence-electron chi connectivity index (χ3n) is 4.36. The van der Waals surface area contributed by atoms with Crippen LogP contribution in [0.4, 0.5) is 0 Å². The van der Waals surface area contributed by atoms with Crippen LogP contribution in [0.25, 0.3) is 0 Å². The lowest BCUT2D eigenvalue weighted by Crippen LogP contribution is -2.43. The SMILES string of the molecule is CCc1nn(CC)c(CNC(CC)(CC)CC)c1Br. The van der Waals surface area contributed by atoms with E-state index in [9.17, 15) is 0 Å². The number of hydrogen-bond donors (Lipinski definition) is 1. The molecule has 0 fully saturated rings. The Hall–Kier alpha value is -0.350. The van der Waals surface area contributed by atoms with Crippen molar-refractivity contribution in [2.24, 2.45) is 0 Å². The van der Waals surface area contributed by atoms with Gasteiger partial charge in [0.25, 0.3) is 0 Å². The van der Waals surface area contributed by atoms with Crippen LogP contribution in [0.1, 0.15) is 65.3 Å². The molecule has 3 nitrogen and oxygen atoms in total. The van der Waals surface area contributed by atoms with Gasteiger partial charge in [-0.1, -0.05) is 27.7 Å². The number of aromatic nitrogens is 2. The monoisotopic (exact) mass is 329 g/mol. The van der Waals surface area contributed by atoms with Gasteiger partial charge in [0.2, 0.25) is 0 Å². The minimum absolute atomic E-state index is 0.259. The molecule has 0 unspecified atom stereocenters. The Morgan fingerprint density at radius 1 is 1.11 bits per heavy atom. The summed E-state index contributed by atoms with van der Waals surface area (Å²) in [7, 11) is 0. The molecule has 110 valence electrons. The van der Waals surface area contributed by atoms with Gasteiger partial charge in [-0.05, 0) is 48.5 Å². The highest BCUT2D eigenvalue weighted by atomic mass is 79.9. The quantitative estimate of drug-likeness (QED) is 0.771. The fraction of sp³-hybridized carbons (Fsp3) is 0.800. The first-order valence-corrected chi connectivity index (χ1v) is 8.35. The van der Waals surface area contributed by atoms with E-state index in [2.05, 4.69) is 65.6 Å². The topological polar surface area (TPSA) is 29.9 Å². The van der Waals surface area contributed by atoms with Crippen LogP contribution in [0.2, 0.25) is 0 Å². The zero-order valence-corrected chi connectivity index (χ0v) is 14.6. The van der Waals surface area contributed by atoms with Gasteiger partial charge in [-0.3, -0.25) is 4.68 Å². The Kier molecular flexibility index (Phi) is 6.54. The Balaban J connectivity index is 2.90. The maximum Gasteiger partial charge on any atom is 0.0767 e. The number of aryl methyl sites for hydroxylation is 2. The van der Waals surface area contributed by atoms with Gasteiger partial charge in [-0.25, -0.2) is 0 Å². The zero-order chi connectivity index (χ0) is 14.5. The van der Waals surface area contributed by atoms with E-state index < -0.39 is 0 Å². The molecule has 0 amide bonds. The molecule has 4 heteroatoms. The molecule has 1 heterocycles. The molecule has 0 saturated heterocycles. The lowest BCUT2D eigenvalue weighted by Gasteiger charge is -2.32. The highest BCUT2D eigenvalue weighted by Crippen LogP contribution is 2.25. The Bertz CT molecular complexity index is 386. The van der Waals surface area contributed by atoms with Crippen LogP contribution >= 0.6 is 15.9 Å². The van der Waals surface area contributed by atoms with Gasteiger partial charge in [0.05, 0.1) is 15.9 Å². The van der Waals surface area contributed by atoms with E-state index >= 15 is 0 Å². The molecule has 0 aliphatic heterocycles. The molecule has 0 aliphatic carbocycles. The smallest absolute Gasteiger partial charge is 0.0767 e.